The molecule has 0 spiro atoms. The highest BCUT2D eigenvalue weighted by molar-refractivity contribution is 5.97. The van der Waals surface area contributed by atoms with Crippen LogP contribution in [0.25, 0.3) is 0 Å². The number of rotatable bonds is 22. The lowest BCUT2D eigenvalue weighted by atomic mass is 9.55. The molecule has 1 saturated heterocycles. The summed E-state index contributed by atoms with van der Waals surface area (Å²) in [5.74, 6) is -1.82. The summed E-state index contributed by atoms with van der Waals surface area (Å²) >= 11 is 0. The van der Waals surface area contributed by atoms with E-state index in [2.05, 4.69) is 26.6 Å². The van der Waals surface area contributed by atoms with Gasteiger partial charge in [-0.15, -0.1) is 0 Å². The molecule has 0 aromatic rings. The van der Waals surface area contributed by atoms with E-state index in [9.17, 15) is 48.3 Å². The van der Waals surface area contributed by atoms with E-state index >= 15 is 0 Å². The lowest BCUT2D eigenvalue weighted by Gasteiger charge is -2.53. The number of hydrogen-bond donors (Lipinski definition) is 6. The highest BCUT2D eigenvalue weighted by Gasteiger charge is 2.51. The number of nitrogens with zero attached hydrogens (tertiary/aromatic N) is 1. The van der Waals surface area contributed by atoms with Crippen LogP contribution in [0.4, 0.5) is 9.59 Å². The predicted molar refractivity (Wildman–Crippen MR) is 270 cm³/mol. The molecule has 0 aromatic heterocycles. The lowest BCUT2D eigenvalue weighted by molar-refractivity contribution is -0.171. The lowest BCUT2D eigenvalue weighted by Crippen LogP contribution is -2.59. The van der Waals surface area contributed by atoms with Gasteiger partial charge in [0.2, 0.25) is 23.6 Å². The van der Waals surface area contributed by atoms with Crippen LogP contribution in [0.15, 0.2) is 0 Å². The van der Waals surface area contributed by atoms with Gasteiger partial charge < -0.3 is 55.5 Å². The topological polar surface area (TPSA) is 274 Å². The van der Waals surface area contributed by atoms with Gasteiger partial charge in [0, 0.05) is 19.5 Å². The summed E-state index contributed by atoms with van der Waals surface area (Å²) in [6, 6.07) is -6.66. The second-order valence-corrected chi connectivity index (χ2v) is 24.7. The second kappa shape index (κ2) is 24.9. The van der Waals surface area contributed by atoms with Crippen molar-refractivity contribution in [1.82, 2.24) is 31.5 Å². The van der Waals surface area contributed by atoms with E-state index in [0.29, 0.717) is 36.5 Å². The van der Waals surface area contributed by atoms with Gasteiger partial charge in [-0.25, -0.2) is 14.4 Å². The standard InChI is InChI=1S/C55H84N6O14/c1-30(51(67)61-18-10-14-43(61)52(68)69)57-50(66)42(29-45(63)73-46-35-21-31-19-32(23-35)24-36(46)22-31)59-48(64)40(13-8-9-17-56-53(70)74-47-37-25-33-20-34(27-37)28-38(47)26-33)58-49(65)41(60-54(71)75-55(2,3)4)15-16-44(62)72-39-11-6-5-7-12-39/h30-43,46-47H,5-29H2,1-4H3,(H,56,70)(H,57,66)(H,58,65)(H,59,64)(H,60,71)(H,68,69)/t30-,31?,32?,33?,34?,35?,36?,37?,38?,40-,41-,42-,43-,46?,47?/m0/s1. The number of alkyl carbamates (subject to hydrolysis) is 2. The van der Waals surface area contributed by atoms with Crippen LogP contribution in [-0.2, 0) is 52.5 Å². The fourth-order valence-corrected chi connectivity index (χ4v) is 14.7. The summed E-state index contributed by atoms with van der Waals surface area (Å²) in [5.41, 5.74) is -0.940. The number of likely N-dealkylation sites (tertiary alicyclic amines) is 1. The van der Waals surface area contributed by atoms with Crippen molar-refractivity contribution < 1.29 is 67.2 Å². The quantitative estimate of drug-likeness (QED) is 0.0440. The number of carbonyl (C=O) groups excluding carboxylic acids is 8. The number of ether oxygens (including phenoxy) is 4. The zero-order valence-corrected chi connectivity index (χ0v) is 44.6. The molecule has 0 aromatic carbocycles. The highest BCUT2D eigenvalue weighted by Crippen LogP contribution is 2.56. The minimum absolute atomic E-state index is 0.0281. The molecule has 1 heterocycles. The summed E-state index contributed by atoms with van der Waals surface area (Å²) in [6.07, 6.45) is 13.3. The first kappa shape index (κ1) is 56.0. The van der Waals surface area contributed by atoms with Crippen molar-refractivity contribution in [2.75, 3.05) is 13.1 Å². The summed E-state index contributed by atoms with van der Waals surface area (Å²) < 4.78 is 23.3. The number of unbranched alkanes of at least 4 members (excludes halogenated alkanes) is 1. The zero-order valence-electron chi connectivity index (χ0n) is 44.6. The molecule has 10 fully saturated rings. The van der Waals surface area contributed by atoms with Gasteiger partial charge in [-0.2, -0.15) is 0 Å². The van der Waals surface area contributed by atoms with E-state index in [4.69, 9.17) is 18.9 Å². The molecule has 0 radical (unpaired) electrons. The number of hydrogen-bond acceptors (Lipinski definition) is 13. The van der Waals surface area contributed by atoms with E-state index in [1.165, 1.54) is 24.7 Å². The molecule has 418 valence electrons. The number of nitrogens with one attached hydrogen (secondary N) is 5. The zero-order chi connectivity index (χ0) is 53.6. The molecule has 9 saturated carbocycles. The molecule has 6 amide bonds. The third-order valence-electron chi connectivity index (χ3n) is 17.7. The van der Waals surface area contributed by atoms with Crippen LogP contribution >= 0.6 is 0 Å². The Hall–Kier alpha value is -5.17. The van der Waals surface area contributed by atoms with Crippen LogP contribution in [0.1, 0.15) is 175 Å². The number of carboxylic acid groups (broad SMARTS) is 1. The number of carboxylic acids is 1. The molecule has 1 aliphatic heterocycles. The van der Waals surface area contributed by atoms with Crippen molar-refractivity contribution in [3.63, 3.8) is 0 Å². The number of aliphatic carboxylic acids is 1. The van der Waals surface area contributed by atoms with E-state index in [1.54, 1.807) is 20.8 Å². The van der Waals surface area contributed by atoms with Crippen molar-refractivity contribution in [1.29, 1.82) is 0 Å². The highest BCUT2D eigenvalue weighted by atomic mass is 16.6. The molecule has 75 heavy (non-hydrogen) atoms. The Morgan fingerprint density at radius 3 is 1.67 bits per heavy atom. The van der Waals surface area contributed by atoms with Crippen LogP contribution in [0.2, 0.25) is 0 Å². The Morgan fingerprint density at radius 1 is 0.573 bits per heavy atom. The SMILES string of the molecule is C[C@H](NC(=O)[C@H](CC(=O)OC1C2CC3CC(C2)CC1C3)NC(=O)[C@H](CCCCNC(=O)OC1C2CC3CC(C2)CC1C3)NC(=O)[C@H](CCC(=O)OC1CCCCC1)NC(=O)OC(C)(C)C)C(=O)N1CCC[C@H]1C(=O)O. The van der Waals surface area contributed by atoms with E-state index in [1.807, 2.05) is 0 Å². The van der Waals surface area contributed by atoms with Crippen LogP contribution in [0, 0.1) is 47.3 Å². The normalized spacial score (nSPS) is 31.0. The van der Waals surface area contributed by atoms with Gasteiger partial charge in [0.15, 0.2) is 0 Å². The van der Waals surface area contributed by atoms with E-state index < -0.39 is 96.0 Å². The first-order valence-corrected chi connectivity index (χ1v) is 28.5. The number of amides is 6. The molecule has 10 rings (SSSR count). The summed E-state index contributed by atoms with van der Waals surface area (Å²) in [6.45, 7) is 6.75. The van der Waals surface area contributed by atoms with Crippen molar-refractivity contribution in [2.24, 2.45) is 47.3 Å². The smallest absolute Gasteiger partial charge is 0.408 e. The molecular weight excluding hydrogens is 969 g/mol. The average Bonchev–Trinajstić information content (AvgIpc) is 3.85. The molecule has 20 nitrogen and oxygen atoms in total. The van der Waals surface area contributed by atoms with Crippen molar-refractivity contribution in [2.45, 2.75) is 229 Å². The number of carbonyl (C=O) groups is 9. The molecule has 9 aliphatic carbocycles. The Bertz CT molecular complexity index is 2050. The van der Waals surface area contributed by atoms with Gasteiger partial charge in [-0.3, -0.25) is 28.8 Å². The summed E-state index contributed by atoms with van der Waals surface area (Å²) in [7, 11) is 0. The first-order valence-electron chi connectivity index (χ1n) is 28.5. The Kier molecular flexibility index (Phi) is 18.6. The molecular formula is C55H84N6O14. The third kappa shape index (κ3) is 15.1. The first-order chi connectivity index (χ1) is 35.7. The molecule has 20 heteroatoms. The molecule has 8 bridgehead atoms. The van der Waals surface area contributed by atoms with E-state index in [-0.39, 0.29) is 75.3 Å². The van der Waals surface area contributed by atoms with Gasteiger partial charge in [0.05, 0.1) is 6.42 Å². The third-order valence-corrected chi connectivity index (χ3v) is 17.7. The van der Waals surface area contributed by atoms with Crippen LogP contribution in [0.5, 0.6) is 0 Å². The van der Waals surface area contributed by atoms with Gasteiger partial charge in [0.25, 0.3) is 0 Å². The Labute approximate surface area is 441 Å². The minimum Gasteiger partial charge on any atom is -0.480 e. The fraction of sp³-hybridized carbons (Fsp3) is 0.836. The maximum atomic E-state index is 14.7. The maximum Gasteiger partial charge on any atom is 0.408 e. The van der Waals surface area contributed by atoms with Gasteiger partial charge in [-0.05, 0) is 203 Å². The van der Waals surface area contributed by atoms with E-state index in [0.717, 1.165) is 95.3 Å². The summed E-state index contributed by atoms with van der Waals surface area (Å²) in [5, 5.41) is 23.2. The largest absolute Gasteiger partial charge is 0.480 e. The van der Waals surface area contributed by atoms with Crippen LogP contribution in [0.3, 0.4) is 0 Å². The van der Waals surface area contributed by atoms with Gasteiger partial charge >= 0.3 is 30.1 Å². The number of esters is 2. The molecule has 5 atom stereocenters. The monoisotopic (exact) mass is 1050 g/mol. The Morgan fingerprint density at radius 2 is 1.11 bits per heavy atom. The van der Waals surface area contributed by atoms with Gasteiger partial charge in [0.1, 0.15) is 54.1 Å². The predicted octanol–water partition coefficient (Wildman–Crippen LogP) is 5.56. The molecule has 0 unspecified atom stereocenters. The fourth-order valence-electron chi connectivity index (χ4n) is 14.7. The average molecular weight is 1050 g/mol. The maximum absolute atomic E-state index is 14.7. The van der Waals surface area contributed by atoms with Gasteiger partial charge in [-0.1, -0.05) is 6.42 Å². The van der Waals surface area contributed by atoms with Crippen molar-refractivity contribution in [3.8, 4) is 0 Å². The molecule has 10 aliphatic rings. The van der Waals surface area contributed by atoms with Crippen LogP contribution in [-0.4, -0.2) is 131 Å². The summed E-state index contributed by atoms with van der Waals surface area (Å²) in [4.78, 5) is 123. The van der Waals surface area contributed by atoms with Crippen molar-refractivity contribution >= 4 is 53.7 Å². The second-order valence-electron chi connectivity index (χ2n) is 24.7. The minimum atomic E-state index is -1.60. The molecule has 6 N–H and O–H groups in total. The van der Waals surface area contributed by atoms with Crippen LogP contribution < -0.4 is 26.6 Å². The van der Waals surface area contributed by atoms with Crippen molar-refractivity contribution in [3.05, 3.63) is 0 Å². The Balaban J connectivity index is 0.961.